The van der Waals surface area contributed by atoms with Crippen molar-refractivity contribution < 1.29 is 8.42 Å². The number of piperidine rings is 1. The first-order valence-electron chi connectivity index (χ1n) is 7.03. The quantitative estimate of drug-likeness (QED) is 0.804. The Morgan fingerprint density at radius 2 is 1.85 bits per heavy atom. The Balaban J connectivity index is 1.65. The molecular formula is C15H19NO2S2. The van der Waals surface area contributed by atoms with Gasteiger partial charge in [-0.25, -0.2) is 8.42 Å². The van der Waals surface area contributed by atoms with Crippen LogP contribution in [0.1, 0.15) is 19.3 Å². The molecule has 0 radical (unpaired) electrons. The van der Waals surface area contributed by atoms with Crippen molar-refractivity contribution in [3.8, 4) is 0 Å². The van der Waals surface area contributed by atoms with Crippen molar-refractivity contribution in [1.29, 1.82) is 0 Å². The van der Waals surface area contributed by atoms with Gasteiger partial charge in [0.25, 0.3) is 0 Å². The Kier molecular flexibility index (Phi) is 4.10. The van der Waals surface area contributed by atoms with Crippen LogP contribution in [0.3, 0.4) is 0 Å². The fraction of sp³-hybridized carbons (Fsp3) is 0.467. The second-order valence-corrected chi connectivity index (χ2v) is 8.09. The monoisotopic (exact) mass is 309 g/mol. The first-order chi connectivity index (χ1) is 9.68. The van der Waals surface area contributed by atoms with Gasteiger partial charge in [0.2, 0.25) is 10.0 Å². The molecular weight excluding hydrogens is 290 g/mol. The van der Waals surface area contributed by atoms with E-state index in [0.717, 1.165) is 19.3 Å². The smallest absolute Gasteiger partial charge is 0.207 e. The maximum atomic E-state index is 12.4. The van der Waals surface area contributed by atoms with Crippen LogP contribution in [0.4, 0.5) is 0 Å². The van der Waals surface area contributed by atoms with Crippen LogP contribution in [0.15, 0.2) is 46.0 Å². The molecule has 1 aromatic rings. The van der Waals surface area contributed by atoms with Gasteiger partial charge >= 0.3 is 0 Å². The summed E-state index contributed by atoms with van der Waals surface area (Å²) < 4.78 is 26.5. The number of hydrogen-bond donors (Lipinski definition) is 0. The Hall–Kier alpha value is -0.910. The molecule has 1 fully saturated rings. The lowest BCUT2D eigenvalue weighted by Crippen LogP contribution is -2.39. The highest BCUT2D eigenvalue weighted by Gasteiger charge is 2.31. The van der Waals surface area contributed by atoms with Crippen molar-refractivity contribution in [2.75, 3.05) is 13.1 Å². The summed E-state index contributed by atoms with van der Waals surface area (Å²) in [4.78, 5) is 0.443. The predicted octanol–water partition coefficient (Wildman–Crippen LogP) is 3.28. The topological polar surface area (TPSA) is 37.4 Å². The van der Waals surface area contributed by atoms with Crippen LogP contribution in [0, 0.1) is 11.8 Å². The second kappa shape index (κ2) is 5.84. The van der Waals surface area contributed by atoms with Gasteiger partial charge in [-0.2, -0.15) is 15.6 Å². The maximum Gasteiger partial charge on any atom is 0.243 e. The second-order valence-electron chi connectivity index (χ2n) is 5.37. The minimum atomic E-state index is -3.27. The van der Waals surface area contributed by atoms with E-state index >= 15 is 0 Å². The molecule has 5 heteroatoms. The third kappa shape index (κ3) is 2.75. The molecule has 0 unspecified atom stereocenters. The highest BCUT2D eigenvalue weighted by Crippen LogP contribution is 2.31. The number of sulfonamides is 1. The fourth-order valence-electron chi connectivity index (χ4n) is 2.98. The van der Waals surface area contributed by atoms with Crippen molar-refractivity contribution in [2.45, 2.75) is 24.2 Å². The number of allylic oxidation sites excluding steroid dienone is 4. The summed E-state index contributed by atoms with van der Waals surface area (Å²) in [6.07, 6.45) is 11.9. The number of hydrogen-bond acceptors (Lipinski definition) is 3. The number of nitrogens with zero attached hydrogens (tertiary/aromatic N) is 1. The zero-order valence-corrected chi connectivity index (χ0v) is 12.9. The van der Waals surface area contributed by atoms with Crippen LogP contribution in [-0.4, -0.2) is 25.8 Å². The van der Waals surface area contributed by atoms with E-state index in [-0.39, 0.29) is 0 Å². The van der Waals surface area contributed by atoms with E-state index in [1.165, 1.54) is 11.3 Å². The summed E-state index contributed by atoms with van der Waals surface area (Å²) in [6, 6.07) is 1.69. The van der Waals surface area contributed by atoms with Crippen molar-refractivity contribution in [1.82, 2.24) is 4.31 Å². The summed E-state index contributed by atoms with van der Waals surface area (Å²) in [6.45, 7) is 1.28. The fourth-order valence-corrected chi connectivity index (χ4v) is 5.46. The summed E-state index contributed by atoms with van der Waals surface area (Å²) in [5, 5.41) is 3.53. The molecule has 1 aromatic heterocycles. The summed E-state index contributed by atoms with van der Waals surface area (Å²) >= 11 is 1.43. The predicted molar refractivity (Wildman–Crippen MR) is 82.2 cm³/mol. The van der Waals surface area contributed by atoms with E-state index in [1.54, 1.807) is 15.8 Å². The first kappa shape index (κ1) is 14.0. The van der Waals surface area contributed by atoms with Crippen LogP contribution < -0.4 is 0 Å². The molecule has 2 aliphatic rings. The molecule has 20 heavy (non-hydrogen) atoms. The van der Waals surface area contributed by atoms with E-state index in [9.17, 15) is 8.42 Å². The average molecular weight is 309 g/mol. The van der Waals surface area contributed by atoms with Crippen LogP contribution in [-0.2, 0) is 10.0 Å². The molecule has 2 heterocycles. The molecule has 108 valence electrons. The van der Waals surface area contributed by atoms with Crippen LogP contribution in [0.2, 0.25) is 0 Å². The van der Waals surface area contributed by atoms with Crippen molar-refractivity contribution in [2.24, 2.45) is 11.8 Å². The molecule has 1 aliphatic heterocycles. The summed E-state index contributed by atoms with van der Waals surface area (Å²) in [5.74, 6) is 1.08. The van der Waals surface area contributed by atoms with Crippen LogP contribution in [0.5, 0.6) is 0 Å². The highest BCUT2D eigenvalue weighted by molar-refractivity contribution is 7.89. The van der Waals surface area contributed by atoms with E-state index in [0.29, 0.717) is 29.8 Å². The van der Waals surface area contributed by atoms with Gasteiger partial charge in [-0.3, -0.25) is 0 Å². The lowest BCUT2D eigenvalue weighted by atomic mass is 9.83. The SMILES string of the molecule is O=S(=O)(c1ccsc1)N1CCC(C2C=CCC=C2)CC1. The van der Waals surface area contributed by atoms with Gasteiger partial charge < -0.3 is 0 Å². The van der Waals surface area contributed by atoms with Crippen LogP contribution >= 0.6 is 11.3 Å². The van der Waals surface area contributed by atoms with Crippen molar-refractivity contribution in [3.63, 3.8) is 0 Å². The molecule has 3 nitrogen and oxygen atoms in total. The van der Waals surface area contributed by atoms with E-state index < -0.39 is 10.0 Å². The Bertz CT molecular complexity index is 582. The maximum absolute atomic E-state index is 12.4. The first-order valence-corrected chi connectivity index (χ1v) is 9.42. The summed E-state index contributed by atoms with van der Waals surface area (Å²) in [7, 11) is -3.27. The number of rotatable bonds is 3. The van der Waals surface area contributed by atoms with E-state index in [1.807, 2.05) is 5.38 Å². The lowest BCUT2D eigenvalue weighted by Gasteiger charge is -2.33. The van der Waals surface area contributed by atoms with Gasteiger partial charge in [0.1, 0.15) is 0 Å². The largest absolute Gasteiger partial charge is 0.243 e. The average Bonchev–Trinajstić information content (AvgIpc) is 3.03. The number of thiophene rings is 1. The molecule has 0 N–H and O–H groups in total. The van der Waals surface area contributed by atoms with Gasteiger partial charge in [-0.15, -0.1) is 0 Å². The standard InChI is InChI=1S/C15H19NO2S2/c17-20(18,15-8-11-19-12-15)16-9-6-14(7-10-16)13-4-2-1-3-5-13/h2-5,8,11-14H,1,6-7,9-10H2. The Morgan fingerprint density at radius 3 is 2.45 bits per heavy atom. The van der Waals surface area contributed by atoms with Gasteiger partial charge in [0.05, 0.1) is 4.90 Å². The van der Waals surface area contributed by atoms with E-state index in [2.05, 4.69) is 24.3 Å². The minimum Gasteiger partial charge on any atom is -0.207 e. The molecule has 1 saturated heterocycles. The molecule has 1 aliphatic carbocycles. The van der Waals surface area contributed by atoms with Gasteiger partial charge in [-0.1, -0.05) is 24.3 Å². The van der Waals surface area contributed by atoms with Gasteiger partial charge in [0, 0.05) is 18.5 Å². The highest BCUT2D eigenvalue weighted by atomic mass is 32.2. The zero-order valence-electron chi connectivity index (χ0n) is 11.3. The lowest BCUT2D eigenvalue weighted by molar-refractivity contribution is 0.250. The molecule has 0 atom stereocenters. The minimum absolute atomic E-state index is 0.443. The van der Waals surface area contributed by atoms with Crippen molar-refractivity contribution >= 4 is 21.4 Å². The van der Waals surface area contributed by atoms with Gasteiger partial charge in [-0.05, 0) is 42.5 Å². The molecule has 0 spiro atoms. The molecule has 0 saturated carbocycles. The molecule has 0 amide bonds. The van der Waals surface area contributed by atoms with E-state index in [4.69, 9.17) is 0 Å². The third-order valence-electron chi connectivity index (χ3n) is 4.16. The molecule has 0 aromatic carbocycles. The molecule has 3 rings (SSSR count). The Morgan fingerprint density at radius 1 is 1.15 bits per heavy atom. The molecule has 0 bridgehead atoms. The van der Waals surface area contributed by atoms with Gasteiger partial charge in [0.15, 0.2) is 0 Å². The van der Waals surface area contributed by atoms with Crippen molar-refractivity contribution in [3.05, 3.63) is 41.1 Å². The Labute approximate surface area is 124 Å². The third-order valence-corrected chi connectivity index (χ3v) is 6.89. The zero-order chi connectivity index (χ0) is 14.0. The summed E-state index contributed by atoms with van der Waals surface area (Å²) in [5.41, 5.74) is 0. The van der Waals surface area contributed by atoms with Crippen LogP contribution in [0.25, 0.3) is 0 Å². The normalized spacial score (nSPS) is 22.4.